The Balaban J connectivity index is 1.40. The molecule has 1 aromatic carbocycles. The average Bonchev–Trinajstić information content (AvgIpc) is 2.74. The standard InChI is InChI=1S/C21H27N3O3S/c25-21(16-5-2-1-3-6-16)24-13-10-18(11-14-24)23-28(26,27)20-8-4-7-17-15-22-12-9-19(17)20/h4,7-9,12,15-16,18,23H,1-3,5-6,10-11,13-14H2. The monoisotopic (exact) mass is 401 g/mol. The van der Waals surface area contributed by atoms with Crippen molar-refractivity contribution >= 4 is 26.7 Å². The van der Waals surface area contributed by atoms with Crippen LogP contribution < -0.4 is 4.72 Å². The maximum absolute atomic E-state index is 13.0. The summed E-state index contributed by atoms with van der Waals surface area (Å²) in [6.45, 7) is 1.25. The van der Waals surface area contributed by atoms with E-state index in [-0.39, 0.29) is 22.8 Å². The quantitative estimate of drug-likeness (QED) is 0.854. The summed E-state index contributed by atoms with van der Waals surface area (Å²) in [5.41, 5.74) is 0. The number of piperidine rings is 1. The van der Waals surface area contributed by atoms with Crippen molar-refractivity contribution in [2.45, 2.75) is 55.9 Å². The second kappa shape index (κ2) is 8.17. The molecule has 2 aliphatic rings. The number of likely N-dealkylation sites (tertiary alicyclic amines) is 1. The second-order valence-corrected chi connectivity index (χ2v) is 9.59. The van der Waals surface area contributed by atoms with Crippen molar-refractivity contribution in [2.75, 3.05) is 13.1 Å². The van der Waals surface area contributed by atoms with E-state index in [4.69, 9.17) is 0 Å². The Hall–Kier alpha value is -1.99. The number of hydrogen-bond acceptors (Lipinski definition) is 4. The summed E-state index contributed by atoms with van der Waals surface area (Å²) in [4.78, 5) is 19.0. The zero-order valence-corrected chi connectivity index (χ0v) is 16.8. The summed E-state index contributed by atoms with van der Waals surface area (Å²) in [7, 11) is -3.63. The zero-order chi connectivity index (χ0) is 19.6. The number of benzene rings is 1. The van der Waals surface area contributed by atoms with Gasteiger partial charge in [-0.2, -0.15) is 0 Å². The van der Waals surface area contributed by atoms with Gasteiger partial charge in [-0.25, -0.2) is 13.1 Å². The third kappa shape index (κ3) is 4.05. The zero-order valence-electron chi connectivity index (χ0n) is 16.0. The molecule has 2 aromatic rings. The average molecular weight is 402 g/mol. The fourth-order valence-electron chi connectivity index (χ4n) is 4.44. The Morgan fingerprint density at radius 2 is 1.79 bits per heavy atom. The van der Waals surface area contributed by atoms with Crippen molar-refractivity contribution in [1.82, 2.24) is 14.6 Å². The SMILES string of the molecule is O=C(C1CCCCC1)N1CCC(NS(=O)(=O)c2cccc3cnccc23)CC1. The molecule has 1 saturated carbocycles. The number of pyridine rings is 1. The molecular formula is C21H27N3O3S. The van der Waals surface area contributed by atoms with E-state index < -0.39 is 10.0 Å². The predicted molar refractivity (Wildman–Crippen MR) is 108 cm³/mol. The van der Waals surface area contributed by atoms with Crippen LogP contribution >= 0.6 is 0 Å². The van der Waals surface area contributed by atoms with E-state index in [2.05, 4.69) is 9.71 Å². The minimum atomic E-state index is -3.63. The summed E-state index contributed by atoms with van der Waals surface area (Å²) < 4.78 is 28.8. The second-order valence-electron chi connectivity index (χ2n) is 7.91. The molecule has 0 bridgehead atoms. The number of nitrogens with one attached hydrogen (secondary N) is 1. The fourth-order valence-corrected chi connectivity index (χ4v) is 5.97. The summed E-state index contributed by atoms with van der Waals surface area (Å²) in [5.74, 6) is 0.439. The first kappa shape index (κ1) is 19.3. The first-order valence-electron chi connectivity index (χ1n) is 10.2. The summed E-state index contributed by atoms with van der Waals surface area (Å²) >= 11 is 0. The van der Waals surface area contributed by atoms with Crippen molar-refractivity contribution in [2.24, 2.45) is 5.92 Å². The van der Waals surface area contributed by atoms with Crippen molar-refractivity contribution in [3.63, 3.8) is 0 Å². The molecular weight excluding hydrogens is 374 g/mol. The van der Waals surface area contributed by atoms with E-state index in [1.165, 1.54) is 6.42 Å². The molecule has 1 aliphatic heterocycles. The summed E-state index contributed by atoms with van der Waals surface area (Å²) in [6, 6.07) is 6.82. The molecule has 4 rings (SSSR count). The fraction of sp³-hybridized carbons (Fsp3) is 0.524. The normalized spacial score (nSPS) is 19.8. The molecule has 0 spiro atoms. The van der Waals surface area contributed by atoms with E-state index in [0.717, 1.165) is 31.1 Å². The van der Waals surface area contributed by atoms with Gasteiger partial charge in [0.25, 0.3) is 0 Å². The third-order valence-corrected chi connectivity index (χ3v) is 7.59. The summed E-state index contributed by atoms with van der Waals surface area (Å²) in [6.07, 6.45) is 10.1. The number of sulfonamides is 1. The molecule has 2 heterocycles. The molecule has 1 aromatic heterocycles. The molecule has 1 N–H and O–H groups in total. The van der Waals surface area contributed by atoms with Crippen LogP contribution in [0.5, 0.6) is 0 Å². The van der Waals surface area contributed by atoms with E-state index in [9.17, 15) is 13.2 Å². The lowest BCUT2D eigenvalue weighted by molar-refractivity contribution is -0.137. The van der Waals surface area contributed by atoms with Gasteiger partial charge < -0.3 is 4.90 Å². The number of aromatic nitrogens is 1. The van der Waals surface area contributed by atoms with Gasteiger partial charge in [-0.1, -0.05) is 31.4 Å². The van der Waals surface area contributed by atoms with Crippen LogP contribution in [0.2, 0.25) is 0 Å². The number of nitrogens with zero attached hydrogens (tertiary/aromatic N) is 2. The lowest BCUT2D eigenvalue weighted by atomic mass is 9.87. The molecule has 28 heavy (non-hydrogen) atoms. The van der Waals surface area contributed by atoms with Crippen LogP contribution in [0.1, 0.15) is 44.9 Å². The molecule has 150 valence electrons. The van der Waals surface area contributed by atoms with E-state index in [1.54, 1.807) is 30.6 Å². The lowest BCUT2D eigenvalue weighted by Gasteiger charge is -2.35. The van der Waals surface area contributed by atoms with E-state index >= 15 is 0 Å². The Morgan fingerprint density at radius 1 is 1.04 bits per heavy atom. The number of carbonyl (C=O) groups excluding carboxylic acids is 1. The molecule has 1 aliphatic carbocycles. The minimum absolute atomic E-state index is 0.141. The summed E-state index contributed by atoms with van der Waals surface area (Å²) in [5, 5.41) is 1.48. The smallest absolute Gasteiger partial charge is 0.241 e. The van der Waals surface area contributed by atoms with Gasteiger partial charge in [0.2, 0.25) is 15.9 Å². The highest BCUT2D eigenvalue weighted by molar-refractivity contribution is 7.89. The van der Waals surface area contributed by atoms with Crippen molar-refractivity contribution < 1.29 is 13.2 Å². The van der Waals surface area contributed by atoms with Gasteiger partial charge in [0, 0.05) is 48.2 Å². The van der Waals surface area contributed by atoms with Crippen molar-refractivity contribution in [3.05, 3.63) is 36.7 Å². The first-order valence-corrected chi connectivity index (χ1v) is 11.7. The van der Waals surface area contributed by atoms with Gasteiger partial charge in [-0.15, -0.1) is 0 Å². The Labute approximate surface area is 166 Å². The van der Waals surface area contributed by atoms with Gasteiger partial charge in [-0.05, 0) is 37.8 Å². The number of hydrogen-bond donors (Lipinski definition) is 1. The Morgan fingerprint density at radius 3 is 2.54 bits per heavy atom. The molecule has 6 nitrogen and oxygen atoms in total. The van der Waals surface area contributed by atoms with Crippen LogP contribution in [-0.4, -0.2) is 43.3 Å². The van der Waals surface area contributed by atoms with Crippen LogP contribution in [0.15, 0.2) is 41.6 Å². The third-order valence-electron chi connectivity index (χ3n) is 6.01. The molecule has 0 radical (unpaired) electrons. The van der Waals surface area contributed by atoms with Crippen LogP contribution in [0.3, 0.4) is 0 Å². The first-order chi connectivity index (χ1) is 13.5. The molecule has 1 amide bonds. The maximum Gasteiger partial charge on any atom is 0.241 e. The number of carbonyl (C=O) groups is 1. The van der Waals surface area contributed by atoms with Crippen molar-refractivity contribution in [1.29, 1.82) is 0 Å². The topological polar surface area (TPSA) is 79.4 Å². The number of rotatable bonds is 4. The van der Waals surface area contributed by atoms with Gasteiger partial charge in [0.1, 0.15) is 0 Å². The van der Waals surface area contributed by atoms with Crippen LogP contribution in [0, 0.1) is 5.92 Å². The van der Waals surface area contributed by atoms with Gasteiger partial charge in [0.05, 0.1) is 4.90 Å². The predicted octanol–water partition coefficient (Wildman–Crippen LogP) is 3.08. The molecule has 1 saturated heterocycles. The Bertz CT molecular complexity index is 941. The van der Waals surface area contributed by atoms with E-state index in [0.29, 0.717) is 31.3 Å². The molecule has 2 fully saturated rings. The van der Waals surface area contributed by atoms with Crippen molar-refractivity contribution in [3.8, 4) is 0 Å². The molecule has 0 atom stereocenters. The van der Waals surface area contributed by atoms with Gasteiger partial charge in [0.15, 0.2) is 0 Å². The van der Waals surface area contributed by atoms with Crippen LogP contribution in [0.4, 0.5) is 0 Å². The molecule has 7 heteroatoms. The van der Waals surface area contributed by atoms with Gasteiger partial charge in [-0.3, -0.25) is 9.78 Å². The highest BCUT2D eigenvalue weighted by atomic mass is 32.2. The maximum atomic E-state index is 13.0. The van der Waals surface area contributed by atoms with Crippen LogP contribution in [0.25, 0.3) is 10.8 Å². The minimum Gasteiger partial charge on any atom is -0.342 e. The number of amides is 1. The highest BCUT2D eigenvalue weighted by Crippen LogP contribution is 2.27. The lowest BCUT2D eigenvalue weighted by Crippen LogP contribution is -2.48. The number of fused-ring (bicyclic) bond motifs is 1. The largest absolute Gasteiger partial charge is 0.342 e. The van der Waals surface area contributed by atoms with Crippen LogP contribution in [-0.2, 0) is 14.8 Å². The van der Waals surface area contributed by atoms with Gasteiger partial charge >= 0.3 is 0 Å². The Kier molecular flexibility index (Phi) is 5.64. The highest BCUT2D eigenvalue weighted by Gasteiger charge is 2.31. The van der Waals surface area contributed by atoms with E-state index in [1.807, 2.05) is 11.0 Å². The molecule has 0 unspecified atom stereocenters.